The zero-order valence-corrected chi connectivity index (χ0v) is 19.0. The third-order valence-electron chi connectivity index (χ3n) is 2.43. The van der Waals surface area contributed by atoms with E-state index in [1.54, 1.807) is 0 Å². The van der Waals surface area contributed by atoms with Crippen LogP contribution in [0.15, 0.2) is 40.1 Å². The van der Waals surface area contributed by atoms with Gasteiger partial charge in [-0.05, 0) is 23.6 Å². The van der Waals surface area contributed by atoms with Crippen LogP contribution in [0.4, 0.5) is 0 Å². The Morgan fingerprint density at radius 2 is 1.52 bits per heavy atom. The molecule has 0 aromatic heterocycles. The second-order valence-corrected chi connectivity index (χ2v) is 6.50. The molecule has 1 N–H and O–H groups in total. The molecular formula is C10H6K2O7S2. The maximum atomic E-state index is 11.3. The summed E-state index contributed by atoms with van der Waals surface area (Å²) in [5.41, 5.74) is 0. The van der Waals surface area contributed by atoms with Crippen LogP contribution < -0.4 is 108 Å². The first-order chi connectivity index (χ1) is 8.59. The van der Waals surface area contributed by atoms with E-state index in [1.165, 1.54) is 0 Å². The Kier molecular flexibility index (Phi) is 8.73. The first-order valence-corrected chi connectivity index (χ1v) is 7.62. The third-order valence-corrected chi connectivity index (χ3v) is 4.15. The summed E-state index contributed by atoms with van der Waals surface area (Å²) in [6.45, 7) is 0. The van der Waals surface area contributed by atoms with Crippen molar-refractivity contribution in [1.82, 2.24) is 0 Å². The van der Waals surface area contributed by atoms with Crippen molar-refractivity contribution in [2.24, 2.45) is 0 Å². The van der Waals surface area contributed by atoms with Gasteiger partial charge in [-0.2, -0.15) is 8.42 Å². The molecular weight excluding hydrogens is 374 g/mol. The molecule has 2 rings (SSSR count). The molecule has 0 heterocycles. The molecule has 0 unspecified atom stereocenters. The van der Waals surface area contributed by atoms with Crippen LogP contribution in [-0.4, -0.2) is 25.9 Å². The second-order valence-electron chi connectivity index (χ2n) is 3.73. The van der Waals surface area contributed by atoms with Crippen molar-refractivity contribution in [2.45, 2.75) is 9.79 Å². The molecule has 0 bridgehead atoms. The first-order valence-electron chi connectivity index (χ1n) is 4.77. The van der Waals surface area contributed by atoms with Crippen LogP contribution in [0.2, 0.25) is 0 Å². The Morgan fingerprint density at radius 3 is 2.00 bits per heavy atom. The van der Waals surface area contributed by atoms with Gasteiger partial charge in [-0.3, -0.25) is 4.55 Å². The predicted octanol–water partition coefficient (Wildman–Crippen LogP) is -5.93. The summed E-state index contributed by atoms with van der Waals surface area (Å²) in [5.74, 6) is -0.669. The van der Waals surface area contributed by atoms with Crippen molar-refractivity contribution < 1.29 is 134 Å². The molecule has 0 saturated carbocycles. The van der Waals surface area contributed by atoms with Gasteiger partial charge in [0.05, 0.1) is 4.90 Å². The van der Waals surface area contributed by atoms with Crippen molar-refractivity contribution in [3.8, 4) is 5.75 Å². The molecule has 0 radical (unpaired) electrons. The summed E-state index contributed by atoms with van der Waals surface area (Å²) in [6.07, 6.45) is 0. The molecule has 21 heavy (non-hydrogen) atoms. The van der Waals surface area contributed by atoms with Gasteiger partial charge in [-0.15, -0.1) is 5.75 Å². The molecule has 0 amide bonds. The van der Waals surface area contributed by atoms with Crippen LogP contribution in [-0.2, 0) is 20.2 Å². The molecule has 2 aromatic rings. The number of hydrogen-bond donors (Lipinski definition) is 1. The predicted molar refractivity (Wildman–Crippen MR) is 61.2 cm³/mol. The summed E-state index contributed by atoms with van der Waals surface area (Å²) in [6, 6.07) is 4.60. The fraction of sp³-hybridized carbons (Fsp3) is 0. The van der Waals surface area contributed by atoms with Gasteiger partial charge in [-0.25, -0.2) is 8.42 Å². The SMILES string of the molecule is O=S(=O)([O-])c1ccc2cc([O-])cc(S(=O)(=O)O)c2c1.[K+].[K+]. The third kappa shape index (κ3) is 5.57. The van der Waals surface area contributed by atoms with Crippen LogP contribution in [0.1, 0.15) is 0 Å². The van der Waals surface area contributed by atoms with Gasteiger partial charge in [0.2, 0.25) is 0 Å². The second kappa shape index (κ2) is 8.11. The minimum absolute atomic E-state index is 0. The van der Waals surface area contributed by atoms with E-state index in [0.29, 0.717) is 6.07 Å². The van der Waals surface area contributed by atoms with Crippen molar-refractivity contribution >= 4 is 31.0 Å². The topological polar surface area (TPSA) is 135 Å². The van der Waals surface area contributed by atoms with Crippen LogP contribution >= 0.6 is 0 Å². The number of rotatable bonds is 2. The zero-order chi connectivity index (χ0) is 14.4. The van der Waals surface area contributed by atoms with Gasteiger partial charge in [0, 0.05) is 5.39 Å². The molecule has 11 heteroatoms. The largest absolute Gasteiger partial charge is 1.00 e. The quantitative estimate of drug-likeness (QED) is 0.405. The molecule has 7 nitrogen and oxygen atoms in total. The van der Waals surface area contributed by atoms with Gasteiger partial charge < -0.3 is 9.66 Å². The normalized spacial score (nSPS) is 11.5. The van der Waals surface area contributed by atoms with Crippen molar-refractivity contribution in [3.05, 3.63) is 30.3 Å². The maximum Gasteiger partial charge on any atom is 1.00 e. The minimum Gasteiger partial charge on any atom is -0.872 e. The molecule has 0 aliphatic heterocycles. The standard InChI is InChI=1S/C10H8O7S2.2K/c11-7-3-6-1-2-8(18(12,13)14)5-9(6)10(4-7)19(15,16)17;;/h1-5,11H,(H,12,13,14)(H,15,16,17);;/q;2*+1/p-2. The smallest absolute Gasteiger partial charge is 0.872 e. The summed E-state index contributed by atoms with van der Waals surface area (Å²) in [7, 11) is -9.48. The maximum absolute atomic E-state index is 11.3. The number of benzene rings is 2. The van der Waals surface area contributed by atoms with E-state index in [9.17, 15) is 26.5 Å². The Morgan fingerprint density at radius 1 is 0.952 bits per heavy atom. The van der Waals surface area contributed by atoms with Crippen LogP contribution in [0.3, 0.4) is 0 Å². The van der Waals surface area contributed by atoms with Gasteiger partial charge in [0.1, 0.15) is 15.0 Å². The van der Waals surface area contributed by atoms with E-state index in [1.807, 2.05) is 0 Å². The Labute approximate surface area is 206 Å². The van der Waals surface area contributed by atoms with E-state index in [4.69, 9.17) is 4.55 Å². The molecule has 0 atom stereocenters. The van der Waals surface area contributed by atoms with E-state index in [-0.39, 0.29) is 114 Å². The van der Waals surface area contributed by atoms with Crippen LogP contribution in [0.5, 0.6) is 5.75 Å². The Balaban J connectivity index is 0.00000200. The van der Waals surface area contributed by atoms with E-state index < -0.39 is 35.8 Å². The Hall–Kier alpha value is 1.59. The van der Waals surface area contributed by atoms with Gasteiger partial charge in [0.15, 0.2) is 0 Å². The van der Waals surface area contributed by atoms with Crippen molar-refractivity contribution in [3.63, 3.8) is 0 Å². The van der Waals surface area contributed by atoms with E-state index in [0.717, 1.165) is 24.3 Å². The fourth-order valence-electron chi connectivity index (χ4n) is 1.65. The van der Waals surface area contributed by atoms with Gasteiger partial charge in [-0.1, -0.05) is 12.1 Å². The monoisotopic (exact) mass is 380 g/mol. The first kappa shape index (κ1) is 22.6. The number of hydrogen-bond acceptors (Lipinski definition) is 6. The molecule has 102 valence electrons. The van der Waals surface area contributed by atoms with E-state index >= 15 is 0 Å². The molecule has 0 spiro atoms. The summed E-state index contributed by atoms with van der Waals surface area (Å²) in [5, 5.41) is 11.2. The molecule has 2 aromatic carbocycles. The molecule has 0 aliphatic rings. The van der Waals surface area contributed by atoms with Crippen molar-refractivity contribution in [1.29, 1.82) is 0 Å². The fourth-order valence-corrected chi connectivity index (χ4v) is 2.86. The average Bonchev–Trinajstić information content (AvgIpc) is 2.24. The minimum atomic E-state index is -4.77. The summed E-state index contributed by atoms with van der Waals surface area (Å²) < 4.78 is 63.9. The Bertz CT molecular complexity index is 876. The number of fused-ring (bicyclic) bond motifs is 1. The molecule has 0 saturated heterocycles. The average molecular weight is 380 g/mol. The zero-order valence-electron chi connectivity index (χ0n) is 11.1. The van der Waals surface area contributed by atoms with Gasteiger partial charge >= 0.3 is 103 Å². The summed E-state index contributed by atoms with van der Waals surface area (Å²) in [4.78, 5) is -1.39. The van der Waals surface area contributed by atoms with E-state index in [2.05, 4.69) is 0 Å². The van der Waals surface area contributed by atoms with Gasteiger partial charge in [0.25, 0.3) is 10.1 Å². The molecule has 0 aliphatic carbocycles. The summed E-state index contributed by atoms with van der Waals surface area (Å²) >= 11 is 0. The van der Waals surface area contributed by atoms with Crippen molar-refractivity contribution in [2.75, 3.05) is 0 Å². The van der Waals surface area contributed by atoms with Crippen LogP contribution in [0, 0.1) is 0 Å². The molecule has 0 fully saturated rings. The van der Waals surface area contributed by atoms with Crippen LogP contribution in [0.25, 0.3) is 10.8 Å².